The molecule has 6 nitrogen and oxygen atoms in total. The molecule has 0 radical (unpaired) electrons. The van der Waals surface area contributed by atoms with E-state index >= 15 is 0 Å². The summed E-state index contributed by atoms with van der Waals surface area (Å²) in [7, 11) is 1.73. The van der Waals surface area contributed by atoms with E-state index in [0.29, 0.717) is 10.0 Å². The number of hydrogen-bond donors (Lipinski definition) is 1. The third-order valence-corrected chi connectivity index (χ3v) is 9.19. The van der Waals surface area contributed by atoms with Gasteiger partial charge in [0.2, 0.25) is 0 Å². The van der Waals surface area contributed by atoms with Crippen LogP contribution in [0.25, 0.3) is 28.0 Å². The number of piperidine rings is 1. The van der Waals surface area contributed by atoms with Crippen molar-refractivity contribution in [2.45, 2.75) is 37.0 Å². The highest BCUT2D eigenvalue weighted by Crippen LogP contribution is 2.50. The monoisotopic (exact) mass is 569 g/mol. The first-order valence-electron chi connectivity index (χ1n) is 13.7. The molecule has 3 heterocycles. The SMILES string of the molecule is COc1ccc2c(c1)CC(c1ncnc3c(-c4ccc(Cl)cc4)n(-c4ccccc4Cl)nc13)CC21CCNCC1. The van der Waals surface area contributed by atoms with Crippen LogP contribution in [-0.2, 0) is 11.8 Å². The summed E-state index contributed by atoms with van der Waals surface area (Å²) in [6, 6.07) is 22.1. The lowest BCUT2D eigenvalue weighted by Gasteiger charge is -2.45. The molecule has 0 bridgehead atoms. The highest BCUT2D eigenvalue weighted by molar-refractivity contribution is 6.32. The van der Waals surface area contributed by atoms with Crippen LogP contribution >= 0.6 is 23.2 Å². The second kappa shape index (κ2) is 10.2. The quantitative estimate of drug-likeness (QED) is 0.249. The van der Waals surface area contributed by atoms with Crippen LogP contribution in [0.1, 0.15) is 42.0 Å². The summed E-state index contributed by atoms with van der Waals surface area (Å²) in [5.41, 5.74) is 8.13. The van der Waals surface area contributed by atoms with E-state index in [2.05, 4.69) is 23.5 Å². The molecule has 5 aromatic rings. The Kier molecular flexibility index (Phi) is 6.50. The summed E-state index contributed by atoms with van der Waals surface area (Å²) in [4.78, 5) is 9.70. The Balaban J connectivity index is 1.43. The van der Waals surface area contributed by atoms with Crippen molar-refractivity contribution >= 4 is 34.2 Å². The molecule has 1 N–H and O–H groups in total. The zero-order valence-electron chi connectivity index (χ0n) is 22.2. The summed E-state index contributed by atoms with van der Waals surface area (Å²) < 4.78 is 7.54. The summed E-state index contributed by atoms with van der Waals surface area (Å²) in [5, 5.41) is 10.0. The van der Waals surface area contributed by atoms with Gasteiger partial charge in [0.05, 0.1) is 23.5 Å². The number of rotatable bonds is 4. The minimum atomic E-state index is 0.0946. The first-order valence-corrected chi connectivity index (χ1v) is 14.4. The topological polar surface area (TPSA) is 64.9 Å². The fourth-order valence-electron chi connectivity index (χ4n) is 6.75. The number of benzene rings is 3. The molecule has 1 saturated heterocycles. The van der Waals surface area contributed by atoms with Crippen molar-refractivity contribution in [3.05, 3.63) is 99.9 Å². The number of halogens is 2. The van der Waals surface area contributed by atoms with E-state index in [9.17, 15) is 0 Å². The zero-order valence-corrected chi connectivity index (χ0v) is 23.7. The Hall–Kier alpha value is -3.45. The van der Waals surface area contributed by atoms with Gasteiger partial charge in [-0.05, 0) is 91.7 Å². The molecular formula is C32H29Cl2N5O. The molecule has 3 aromatic carbocycles. The molecule has 1 spiro atoms. The summed E-state index contributed by atoms with van der Waals surface area (Å²) >= 11 is 13.0. The van der Waals surface area contributed by atoms with Gasteiger partial charge in [-0.2, -0.15) is 5.10 Å². The maximum Gasteiger partial charge on any atom is 0.134 e. The molecule has 1 atom stereocenters. The molecule has 1 aliphatic carbocycles. The van der Waals surface area contributed by atoms with Gasteiger partial charge in [-0.15, -0.1) is 0 Å². The van der Waals surface area contributed by atoms with Crippen LogP contribution in [-0.4, -0.2) is 39.9 Å². The maximum absolute atomic E-state index is 6.71. The molecule has 202 valence electrons. The second-order valence-electron chi connectivity index (χ2n) is 10.8. The van der Waals surface area contributed by atoms with Crippen molar-refractivity contribution in [1.29, 1.82) is 0 Å². The minimum Gasteiger partial charge on any atom is -0.497 e. The highest BCUT2D eigenvalue weighted by Gasteiger charge is 2.42. The van der Waals surface area contributed by atoms with E-state index in [1.807, 2.05) is 53.2 Å². The Morgan fingerprint density at radius 2 is 1.75 bits per heavy atom. The highest BCUT2D eigenvalue weighted by atomic mass is 35.5. The van der Waals surface area contributed by atoms with E-state index in [1.54, 1.807) is 13.4 Å². The number of aromatic nitrogens is 4. The molecule has 1 unspecified atom stereocenters. The normalized spacial score (nSPS) is 18.1. The number of para-hydroxylation sites is 1. The Morgan fingerprint density at radius 3 is 2.52 bits per heavy atom. The predicted molar refractivity (Wildman–Crippen MR) is 160 cm³/mol. The van der Waals surface area contributed by atoms with E-state index in [-0.39, 0.29) is 11.3 Å². The van der Waals surface area contributed by atoms with Crippen LogP contribution in [0.2, 0.25) is 10.0 Å². The Labute approximate surface area is 243 Å². The average molecular weight is 571 g/mol. The van der Waals surface area contributed by atoms with Gasteiger partial charge in [0.15, 0.2) is 0 Å². The fourth-order valence-corrected chi connectivity index (χ4v) is 7.09. The van der Waals surface area contributed by atoms with Gasteiger partial charge in [0.1, 0.15) is 28.8 Å². The smallest absolute Gasteiger partial charge is 0.134 e. The zero-order chi connectivity index (χ0) is 27.3. The summed E-state index contributed by atoms with van der Waals surface area (Å²) in [6.45, 7) is 2.03. The molecule has 1 aliphatic heterocycles. The van der Waals surface area contributed by atoms with Crippen LogP contribution in [0.15, 0.2) is 73.1 Å². The number of nitrogens with zero attached hydrogens (tertiary/aromatic N) is 4. The van der Waals surface area contributed by atoms with Crippen molar-refractivity contribution in [1.82, 2.24) is 25.1 Å². The van der Waals surface area contributed by atoms with Crippen LogP contribution in [0, 0.1) is 0 Å². The molecule has 2 aliphatic rings. The third kappa shape index (κ3) is 4.26. The first kappa shape index (κ1) is 25.5. The predicted octanol–water partition coefficient (Wildman–Crippen LogP) is 7.15. The van der Waals surface area contributed by atoms with Gasteiger partial charge in [-0.3, -0.25) is 0 Å². The number of methoxy groups -OCH3 is 1. The summed E-state index contributed by atoms with van der Waals surface area (Å²) in [6.07, 6.45) is 5.78. The van der Waals surface area contributed by atoms with Gasteiger partial charge in [0.25, 0.3) is 0 Å². The Bertz CT molecular complexity index is 1710. The van der Waals surface area contributed by atoms with Crippen LogP contribution in [0.5, 0.6) is 5.75 Å². The molecule has 40 heavy (non-hydrogen) atoms. The van der Waals surface area contributed by atoms with E-state index in [4.69, 9.17) is 43.0 Å². The van der Waals surface area contributed by atoms with E-state index in [1.165, 1.54) is 11.1 Å². The van der Waals surface area contributed by atoms with Crippen molar-refractivity contribution < 1.29 is 4.74 Å². The van der Waals surface area contributed by atoms with Crippen molar-refractivity contribution in [3.8, 4) is 22.7 Å². The first-order chi connectivity index (χ1) is 19.6. The second-order valence-corrected chi connectivity index (χ2v) is 11.7. The molecule has 0 amide bonds. The maximum atomic E-state index is 6.71. The van der Waals surface area contributed by atoms with Crippen LogP contribution in [0.3, 0.4) is 0 Å². The number of nitrogens with one attached hydrogen (secondary N) is 1. The van der Waals surface area contributed by atoms with E-state index in [0.717, 1.165) is 78.2 Å². The van der Waals surface area contributed by atoms with Crippen LogP contribution < -0.4 is 10.1 Å². The van der Waals surface area contributed by atoms with Gasteiger partial charge in [-0.25, -0.2) is 14.6 Å². The van der Waals surface area contributed by atoms with Crippen molar-refractivity contribution in [3.63, 3.8) is 0 Å². The molecule has 7 rings (SSSR count). The molecule has 1 fully saturated rings. The standard InChI is InChI=1S/C32H29Cl2N5O/c1-40-24-10-11-25-21(17-24)16-22(18-32(25)12-14-35-15-13-32)28-29-30(37-19-36-28)31(20-6-8-23(33)9-7-20)39(38-29)27-5-3-2-4-26(27)34/h2-11,17,19,22,35H,12-16,18H2,1H3. The third-order valence-electron chi connectivity index (χ3n) is 8.62. The number of fused-ring (bicyclic) bond motifs is 3. The van der Waals surface area contributed by atoms with Crippen molar-refractivity contribution in [2.75, 3.05) is 20.2 Å². The van der Waals surface area contributed by atoms with E-state index < -0.39 is 0 Å². The van der Waals surface area contributed by atoms with Gasteiger partial charge in [0, 0.05) is 16.5 Å². The average Bonchev–Trinajstić information content (AvgIpc) is 3.37. The van der Waals surface area contributed by atoms with Crippen LogP contribution in [0.4, 0.5) is 0 Å². The lowest BCUT2D eigenvalue weighted by Crippen LogP contribution is -2.43. The molecule has 0 saturated carbocycles. The molecule has 2 aromatic heterocycles. The lowest BCUT2D eigenvalue weighted by atomic mass is 9.61. The number of ether oxygens (including phenoxy) is 1. The van der Waals surface area contributed by atoms with Gasteiger partial charge < -0.3 is 10.1 Å². The van der Waals surface area contributed by atoms with Crippen molar-refractivity contribution in [2.24, 2.45) is 0 Å². The lowest BCUT2D eigenvalue weighted by molar-refractivity contribution is 0.250. The molecule has 8 heteroatoms. The largest absolute Gasteiger partial charge is 0.497 e. The van der Waals surface area contributed by atoms with Gasteiger partial charge in [-0.1, -0.05) is 53.5 Å². The molecular weight excluding hydrogens is 541 g/mol. The fraction of sp³-hybridized carbons (Fsp3) is 0.281. The summed E-state index contributed by atoms with van der Waals surface area (Å²) in [5.74, 6) is 1.08. The minimum absolute atomic E-state index is 0.0946. The Morgan fingerprint density at radius 1 is 0.950 bits per heavy atom. The van der Waals surface area contributed by atoms with Gasteiger partial charge >= 0.3 is 0 Å². The number of hydrogen-bond acceptors (Lipinski definition) is 5.